The number of hydrogen-bond acceptors (Lipinski definition) is 5. The number of nitrogens with one attached hydrogen (secondary N) is 1. The molecule has 8 heteroatoms. The molecule has 0 saturated heterocycles. The summed E-state index contributed by atoms with van der Waals surface area (Å²) in [5, 5.41) is 11.9. The van der Waals surface area contributed by atoms with Gasteiger partial charge in [0.2, 0.25) is 5.91 Å². The molecule has 0 aliphatic rings. The fourth-order valence-electron chi connectivity index (χ4n) is 3.92. The Morgan fingerprint density at radius 2 is 1.72 bits per heavy atom. The van der Waals surface area contributed by atoms with Gasteiger partial charge in [-0.1, -0.05) is 54.6 Å². The molecule has 0 unspecified atom stereocenters. The van der Waals surface area contributed by atoms with Crippen molar-refractivity contribution in [3.63, 3.8) is 0 Å². The number of pyridine rings is 1. The lowest BCUT2D eigenvalue weighted by molar-refractivity contribution is -0.116. The van der Waals surface area contributed by atoms with E-state index in [9.17, 15) is 4.79 Å². The molecule has 0 saturated carbocycles. The van der Waals surface area contributed by atoms with Gasteiger partial charge in [0.25, 0.3) is 0 Å². The van der Waals surface area contributed by atoms with Crippen molar-refractivity contribution in [1.82, 2.24) is 34.8 Å². The van der Waals surface area contributed by atoms with E-state index in [-0.39, 0.29) is 5.91 Å². The van der Waals surface area contributed by atoms with Crippen LogP contribution >= 0.6 is 0 Å². The van der Waals surface area contributed by atoms with Gasteiger partial charge < -0.3 is 5.32 Å². The first-order chi connectivity index (χ1) is 17.7. The van der Waals surface area contributed by atoms with E-state index in [0.29, 0.717) is 19.6 Å². The first-order valence-electron chi connectivity index (χ1n) is 11.6. The van der Waals surface area contributed by atoms with Crippen molar-refractivity contribution < 1.29 is 4.79 Å². The summed E-state index contributed by atoms with van der Waals surface area (Å²) in [5.74, 6) is -0.182. The third kappa shape index (κ3) is 5.79. The molecule has 0 radical (unpaired) electrons. The number of nitrogens with zero attached hydrogens (tertiary/aromatic N) is 6. The molecule has 3 aromatic heterocycles. The van der Waals surface area contributed by atoms with Gasteiger partial charge in [-0.3, -0.25) is 14.5 Å². The first kappa shape index (κ1) is 22.9. The summed E-state index contributed by atoms with van der Waals surface area (Å²) in [6.07, 6.45) is 12.0. The van der Waals surface area contributed by atoms with Crippen LogP contribution < -0.4 is 5.32 Å². The molecular formula is C28H25N7O. The van der Waals surface area contributed by atoms with Crippen molar-refractivity contribution in [2.75, 3.05) is 0 Å². The van der Waals surface area contributed by atoms with Crippen LogP contribution in [0.15, 0.2) is 104 Å². The van der Waals surface area contributed by atoms with Gasteiger partial charge in [0.1, 0.15) is 18.3 Å². The molecule has 0 fully saturated rings. The Labute approximate surface area is 209 Å². The van der Waals surface area contributed by atoms with Crippen molar-refractivity contribution >= 4 is 12.0 Å². The van der Waals surface area contributed by atoms with Crippen LogP contribution in [0.4, 0.5) is 0 Å². The second-order valence-corrected chi connectivity index (χ2v) is 8.27. The summed E-state index contributed by atoms with van der Waals surface area (Å²) < 4.78 is 3.64. The first-order valence-corrected chi connectivity index (χ1v) is 11.6. The fraction of sp³-hybridized carbons (Fsp3) is 0.107. The van der Waals surface area contributed by atoms with Crippen LogP contribution in [0, 0.1) is 0 Å². The van der Waals surface area contributed by atoms with Gasteiger partial charge in [0.15, 0.2) is 0 Å². The molecule has 36 heavy (non-hydrogen) atoms. The Morgan fingerprint density at radius 1 is 0.889 bits per heavy atom. The molecule has 1 amide bonds. The molecule has 178 valence electrons. The van der Waals surface area contributed by atoms with Crippen molar-refractivity contribution in [2.24, 2.45) is 0 Å². The highest BCUT2D eigenvalue weighted by Gasteiger charge is 2.11. The molecule has 2 aromatic carbocycles. The zero-order chi connectivity index (χ0) is 24.6. The van der Waals surface area contributed by atoms with Gasteiger partial charge >= 0.3 is 0 Å². The maximum absolute atomic E-state index is 12.7. The number of amides is 1. The minimum Gasteiger partial charge on any atom is -0.348 e. The van der Waals surface area contributed by atoms with Crippen molar-refractivity contribution in [3.05, 3.63) is 126 Å². The Bertz CT molecular complexity index is 1440. The average Bonchev–Trinajstić information content (AvgIpc) is 3.58. The molecule has 0 atom stereocenters. The largest absolute Gasteiger partial charge is 0.348 e. The summed E-state index contributed by atoms with van der Waals surface area (Å²) in [4.78, 5) is 20.9. The molecule has 5 rings (SSSR count). The van der Waals surface area contributed by atoms with Gasteiger partial charge in [-0.05, 0) is 34.9 Å². The number of benzene rings is 2. The van der Waals surface area contributed by atoms with Gasteiger partial charge in [0, 0.05) is 42.3 Å². The van der Waals surface area contributed by atoms with Gasteiger partial charge in [-0.2, -0.15) is 10.2 Å². The van der Waals surface area contributed by atoms with Crippen LogP contribution in [0.5, 0.6) is 0 Å². The lowest BCUT2D eigenvalue weighted by atomic mass is 10.1. The van der Waals surface area contributed by atoms with E-state index in [2.05, 4.69) is 32.5 Å². The molecule has 1 N–H and O–H groups in total. The standard InChI is InChI=1S/C28H25N7O/c36-27(31-16-23-9-4-5-10-25(23)18-35-21-30-20-32-35)13-12-26-19-34(17-22-7-2-1-3-8-22)33-28(26)24-11-6-14-29-15-24/h1-15,19-21H,16-18H2,(H,31,36). The third-order valence-electron chi connectivity index (χ3n) is 5.70. The Hall–Kier alpha value is -4.85. The molecule has 0 aliphatic carbocycles. The Balaban J connectivity index is 1.30. The molecule has 5 aromatic rings. The van der Waals surface area contributed by atoms with Crippen LogP contribution in [0.1, 0.15) is 22.3 Å². The topological polar surface area (TPSA) is 90.5 Å². The number of rotatable bonds is 9. The highest BCUT2D eigenvalue weighted by atomic mass is 16.1. The minimum absolute atomic E-state index is 0.182. The summed E-state index contributed by atoms with van der Waals surface area (Å²) in [6.45, 7) is 1.64. The summed E-state index contributed by atoms with van der Waals surface area (Å²) >= 11 is 0. The Morgan fingerprint density at radius 3 is 2.50 bits per heavy atom. The van der Waals surface area contributed by atoms with Crippen LogP contribution in [0.2, 0.25) is 0 Å². The third-order valence-corrected chi connectivity index (χ3v) is 5.70. The lowest BCUT2D eigenvalue weighted by Crippen LogP contribution is -2.21. The SMILES string of the molecule is O=C(C=Cc1cn(Cc2ccccc2)nc1-c1cccnc1)NCc1ccccc1Cn1cncn1. The monoisotopic (exact) mass is 475 g/mol. The molecular weight excluding hydrogens is 450 g/mol. The van der Waals surface area contributed by atoms with E-state index in [1.807, 2.05) is 65.5 Å². The van der Waals surface area contributed by atoms with Crippen LogP contribution in [0.3, 0.4) is 0 Å². The number of hydrogen-bond donors (Lipinski definition) is 1. The fourth-order valence-corrected chi connectivity index (χ4v) is 3.92. The minimum atomic E-state index is -0.182. The van der Waals surface area contributed by atoms with Crippen LogP contribution in [-0.2, 0) is 24.4 Å². The summed E-state index contributed by atoms with van der Waals surface area (Å²) in [7, 11) is 0. The highest BCUT2D eigenvalue weighted by Crippen LogP contribution is 2.23. The lowest BCUT2D eigenvalue weighted by Gasteiger charge is -2.09. The second kappa shape index (κ2) is 11.1. The van der Waals surface area contributed by atoms with E-state index in [4.69, 9.17) is 5.10 Å². The maximum atomic E-state index is 12.7. The summed E-state index contributed by atoms with van der Waals surface area (Å²) in [5.41, 5.74) is 5.78. The van der Waals surface area contributed by atoms with E-state index < -0.39 is 0 Å². The summed E-state index contributed by atoms with van der Waals surface area (Å²) in [6, 6.07) is 22.0. The van der Waals surface area contributed by atoms with E-state index >= 15 is 0 Å². The smallest absolute Gasteiger partial charge is 0.244 e. The van der Waals surface area contributed by atoms with Gasteiger partial charge in [0.05, 0.1) is 13.1 Å². The van der Waals surface area contributed by atoms with E-state index in [0.717, 1.165) is 33.5 Å². The molecule has 0 bridgehead atoms. The predicted molar refractivity (Wildman–Crippen MR) is 137 cm³/mol. The Kier molecular flexibility index (Phi) is 7.03. The van der Waals surface area contributed by atoms with Crippen LogP contribution in [0.25, 0.3) is 17.3 Å². The molecule has 0 spiro atoms. The average molecular weight is 476 g/mol. The zero-order valence-electron chi connectivity index (χ0n) is 19.6. The van der Waals surface area contributed by atoms with Crippen molar-refractivity contribution in [3.8, 4) is 11.3 Å². The number of carbonyl (C=O) groups excluding carboxylic acids is 1. The quantitative estimate of drug-likeness (QED) is 0.326. The maximum Gasteiger partial charge on any atom is 0.244 e. The van der Waals surface area contributed by atoms with E-state index in [1.165, 1.54) is 6.33 Å². The number of carbonyl (C=O) groups is 1. The number of aromatic nitrogens is 6. The highest BCUT2D eigenvalue weighted by molar-refractivity contribution is 5.92. The van der Waals surface area contributed by atoms with Crippen LogP contribution in [-0.4, -0.2) is 35.4 Å². The van der Waals surface area contributed by atoms with Gasteiger partial charge in [-0.25, -0.2) is 9.67 Å². The second-order valence-electron chi connectivity index (χ2n) is 8.27. The van der Waals surface area contributed by atoms with Crippen molar-refractivity contribution in [1.29, 1.82) is 0 Å². The zero-order valence-corrected chi connectivity index (χ0v) is 19.6. The molecule has 3 heterocycles. The normalized spacial score (nSPS) is 11.1. The predicted octanol–water partition coefficient (Wildman–Crippen LogP) is 3.96. The molecule has 8 nitrogen and oxygen atoms in total. The van der Waals surface area contributed by atoms with Crippen molar-refractivity contribution in [2.45, 2.75) is 19.6 Å². The molecule has 0 aliphatic heterocycles. The van der Waals surface area contributed by atoms with Gasteiger partial charge in [-0.15, -0.1) is 0 Å². The van der Waals surface area contributed by atoms with E-state index in [1.54, 1.807) is 35.6 Å².